The second-order valence-electron chi connectivity index (χ2n) is 11.5. The summed E-state index contributed by atoms with van der Waals surface area (Å²) >= 11 is 0. The van der Waals surface area contributed by atoms with Crippen LogP contribution in [0.3, 0.4) is 0 Å². The molecule has 0 spiro atoms. The first kappa shape index (κ1) is 34.3. The number of carboxylic acid groups (broad SMARTS) is 1. The third-order valence-electron chi connectivity index (χ3n) is 7.97. The molecule has 1 saturated heterocycles. The van der Waals surface area contributed by atoms with Crippen molar-refractivity contribution in [3.8, 4) is 0 Å². The fourth-order valence-corrected chi connectivity index (χ4v) is 5.55. The lowest BCUT2D eigenvalue weighted by atomic mass is 9.89. The Labute approximate surface area is 274 Å². The van der Waals surface area contributed by atoms with E-state index in [-0.39, 0.29) is 33.0 Å². The van der Waals surface area contributed by atoms with E-state index in [0.29, 0.717) is 0 Å². The molecule has 0 amide bonds. The highest BCUT2D eigenvalue weighted by Crippen LogP contribution is 2.39. The van der Waals surface area contributed by atoms with Crippen molar-refractivity contribution in [2.45, 2.75) is 75.7 Å². The maximum Gasteiger partial charge on any atom is 0.303 e. The van der Waals surface area contributed by atoms with Gasteiger partial charge in [0.1, 0.15) is 24.4 Å². The number of halogens is 2. The molecule has 0 saturated carbocycles. The van der Waals surface area contributed by atoms with Gasteiger partial charge in [0.2, 0.25) is 0 Å². The van der Waals surface area contributed by atoms with Crippen molar-refractivity contribution in [3.63, 3.8) is 0 Å². The number of carboxylic acids is 1. The van der Waals surface area contributed by atoms with Gasteiger partial charge in [-0.1, -0.05) is 121 Å². The van der Waals surface area contributed by atoms with Crippen molar-refractivity contribution >= 4 is 5.97 Å². The first-order chi connectivity index (χ1) is 22.9. The molecule has 1 aliphatic heterocycles. The van der Waals surface area contributed by atoms with Crippen LogP contribution in [0.2, 0.25) is 0 Å². The van der Waals surface area contributed by atoms with E-state index >= 15 is 8.78 Å². The average Bonchev–Trinajstić information content (AvgIpc) is 3.10. The van der Waals surface area contributed by atoms with Gasteiger partial charge in [-0.25, -0.2) is 8.78 Å². The van der Waals surface area contributed by atoms with Crippen LogP contribution < -0.4 is 0 Å². The smallest absolute Gasteiger partial charge is 0.303 e. The molecule has 9 heteroatoms. The molecule has 1 heterocycles. The van der Waals surface area contributed by atoms with Crippen molar-refractivity contribution in [1.29, 1.82) is 0 Å². The number of aliphatic carboxylic acids is 1. The highest BCUT2D eigenvalue weighted by Gasteiger charge is 2.57. The van der Waals surface area contributed by atoms with Crippen LogP contribution >= 0.6 is 0 Å². The van der Waals surface area contributed by atoms with Crippen molar-refractivity contribution < 1.29 is 42.4 Å². The highest BCUT2D eigenvalue weighted by atomic mass is 19.3. The van der Waals surface area contributed by atoms with Crippen LogP contribution in [0, 0.1) is 0 Å². The third kappa shape index (κ3) is 10.2. The molecule has 1 fully saturated rings. The number of ether oxygens (including phenoxy) is 5. The Kier molecular flexibility index (Phi) is 12.6. The molecular formula is C38H40F2O7. The summed E-state index contributed by atoms with van der Waals surface area (Å²) in [7, 11) is 0. The zero-order valence-corrected chi connectivity index (χ0v) is 26.0. The van der Waals surface area contributed by atoms with Gasteiger partial charge in [0.15, 0.2) is 6.10 Å². The molecule has 4 aromatic rings. The molecule has 0 bridgehead atoms. The predicted molar refractivity (Wildman–Crippen MR) is 172 cm³/mol. The van der Waals surface area contributed by atoms with Crippen LogP contribution in [0.1, 0.15) is 35.1 Å². The van der Waals surface area contributed by atoms with Crippen LogP contribution in [-0.4, -0.2) is 54.1 Å². The van der Waals surface area contributed by atoms with E-state index in [0.717, 1.165) is 22.3 Å². The molecule has 5 rings (SSSR count). The Morgan fingerprint density at radius 3 is 1.47 bits per heavy atom. The standard InChI is InChI=1S/C38H40F2O7/c39-38(40,22-21-33(41)42)37-36(46-26-31-19-11-4-12-20-31)35(45-25-30-17-9-3-10-18-30)34(44-24-29-15-7-2-8-16-29)32(47-37)27-43-23-28-13-5-1-6-14-28/h1-20,32,34-37H,21-27H2,(H,41,42)/t32-,34+,35+,36-,37-/m1/s1. The summed E-state index contributed by atoms with van der Waals surface area (Å²) < 4.78 is 63.7. The quantitative estimate of drug-likeness (QED) is 0.130. The third-order valence-corrected chi connectivity index (χ3v) is 7.97. The summed E-state index contributed by atoms with van der Waals surface area (Å²) in [6.45, 7) is 0.436. The van der Waals surface area contributed by atoms with Crippen LogP contribution in [0.15, 0.2) is 121 Å². The summed E-state index contributed by atoms with van der Waals surface area (Å²) in [6, 6.07) is 37.6. The fourth-order valence-electron chi connectivity index (χ4n) is 5.55. The molecule has 248 valence electrons. The van der Waals surface area contributed by atoms with Gasteiger partial charge in [-0.3, -0.25) is 4.79 Å². The minimum Gasteiger partial charge on any atom is -0.481 e. The van der Waals surface area contributed by atoms with Gasteiger partial charge in [0.25, 0.3) is 5.92 Å². The molecule has 1 N–H and O–H groups in total. The summed E-state index contributed by atoms with van der Waals surface area (Å²) in [5.74, 6) is -4.90. The van der Waals surface area contributed by atoms with Gasteiger partial charge in [-0.2, -0.15) is 0 Å². The number of benzene rings is 4. The van der Waals surface area contributed by atoms with Crippen molar-refractivity contribution in [2.24, 2.45) is 0 Å². The lowest BCUT2D eigenvalue weighted by Crippen LogP contribution is -2.65. The van der Waals surface area contributed by atoms with Crippen molar-refractivity contribution in [2.75, 3.05) is 6.61 Å². The zero-order valence-electron chi connectivity index (χ0n) is 26.0. The second-order valence-corrected chi connectivity index (χ2v) is 11.5. The molecule has 7 nitrogen and oxygen atoms in total. The molecule has 4 aromatic carbocycles. The molecule has 5 atom stereocenters. The van der Waals surface area contributed by atoms with Gasteiger partial charge in [0.05, 0.1) is 39.5 Å². The maximum absolute atomic E-state index is 16.1. The Morgan fingerprint density at radius 2 is 1.02 bits per heavy atom. The minimum atomic E-state index is -3.57. The molecule has 47 heavy (non-hydrogen) atoms. The van der Waals surface area contributed by atoms with E-state index in [4.69, 9.17) is 23.7 Å². The van der Waals surface area contributed by atoms with Gasteiger partial charge >= 0.3 is 5.97 Å². The molecule has 0 aromatic heterocycles. The van der Waals surface area contributed by atoms with E-state index in [1.165, 1.54) is 0 Å². The lowest BCUT2D eigenvalue weighted by molar-refractivity contribution is -0.310. The minimum absolute atomic E-state index is 0.00610. The summed E-state index contributed by atoms with van der Waals surface area (Å²) in [5.41, 5.74) is 3.41. The summed E-state index contributed by atoms with van der Waals surface area (Å²) in [4.78, 5) is 11.4. The molecule has 0 unspecified atom stereocenters. The van der Waals surface area contributed by atoms with E-state index in [9.17, 15) is 9.90 Å². The van der Waals surface area contributed by atoms with Crippen LogP contribution in [0.25, 0.3) is 0 Å². The number of carbonyl (C=O) groups is 1. The SMILES string of the molecule is O=C(O)CCC(F)(F)[C@@H]1O[C@H](COCc2ccccc2)[C@H](OCc2ccccc2)[C@H](OCc2ccccc2)[C@H]1OCc1ccccc1. The number of rotatable bonds is 17. The molecular weight excluding hydrogens is 606 g/mol. The predicted octanol–water partition coefficient (Wildman–Crippen LogP) is 7.23. The van der Waals surface area contributed by atoms with Gasteiger partial charge in [-0.15, -0.1) is 0 Å². The Bertz CT molecular complexity index is 1480. The molecule has 0 radical (unpaired) electrons. The molecule has 1 aliphatic rings. The largest absolute Gasteiger partial charge is 0.481 e. The average molecular weight is 647 g/mol. The summed E-state index contributed by atoms with van der Waals surface area (Å²) in [5, 5.41) is 9.28. The van der Waals surface area contributed by atoms with E-state index in [1.807, 2.05) is 121 Å². The summed E-state index contributed by atoms with van der Waals surface area (Å²) in [6.07, 6.45) is -7.71. The number of hydrogen-bond acceptors (Lipinski definition) is 6. The Morgan fingerprint density at radius 1 is 0.617 bits per heavy atom. The second kappa shape index (κ2) is 17.2. The Balaban J connectivity index is 1.48. The van der Waals surface area contributed by atoms with E-state index < -0.39 is 55.3 Å². The van der Waals surface area contributed by atoms with E-state index in [2.05, 4.69) is 0 Å². The first-order valence-electron chi connectivity index (χ1n) is 15.7. The van der Waals surface area contributed by atoms with Gasteiger partial charge in [-0.05, 0) is 22.3 Å². The van der Waals surface area contributed by atoms with Crippen LogP contribution in [0.5, 0.6) is 0 Å². The fraction of sp³-hybridized carbons (Fsp3) is 0.342. The van der Waals surface area contributed by atoms with Crippen LogP contribution in [-0.2, 0) is 54.9 Å². The van der Waals surface area contributed by atoms with E-state index in [1.54, 1.807) is 0 Å². The first-order valence-corrected chi connectivity index (χ1v) is 15.7. The topological polar surface area (TPSA) is 83.5 Å². The zero-order chi connectivity index (χ0) is 32.9. The maximum atomic E-state index is 16.1. The van der Waals surface area contributed by atoms with Crippen molar-refractivity contribution in [3.05, 3.63) is 144 Å². The van der Waals surface area contributed by atoms with Crippen LogP contribution in [0.4, 0.5) is 8.78 Å². The van der Waals surface area contributed by atoms with Gasteiger partial charge < -0.3 is 28.8 Å². The highest BCUT2D eigenvalue weighted by molar-refractivity contribution is 5.66. The van der Waals surface area contributed by atoms with Crippen molar-refractivity contribution in [1.82, 2.24) is 0 Å². The van der Waals surface area contributed by atoms with Gasteiger partial charge in [0, 0.05) is 6.42 Å². The number of alkyl halides is 2. The lowest BCUT2D eigenvalue weighted by Gasteiger charge is -2.48. The number of hydrogen-bond donors (Lipinski definition) is 1. The Hall–Kier alpha value is -3.99. The normalized spacial score (nSPS) is 21.4. The molecule has 0 aliphatic carbocycles. The monoisotopic (exact) mass is 646 g/mol.